The average molecular weight is 370 g/mol. The molecule has 140 valence electrons. The number of hydrogen-bond acceptors (Lipinski definition) is 7. The predicted molar refractivity (Wildman–Crippen MR) is 94.8 cm³/mol. The van der Waals surface area contributed by atoms with E-state index in [1.54, 1.807) is 31.5 Å². The minimum atomic E-state index is -0.318. The van der Waals surface area contributed by atoms with Gasteiger partial charge in [-0.3, -0.25) is 0 Å². The van der Waals surface area contributed by atoms with Gasteiger partial charge in [-0.1, -0.05) is 0 Å². The van der Waals surface area contributed by atoms with E-state index in [2.05, 4.69) is 25.4 Å². The number of hydrogen-bond donors (Lipinski definition) is 1. The van der Waals surface area contributed by atoms with Crippen LogP contribution in [-0.4, -0.2) is 31.8 Å². The summed E-state index contributed by atoms with van der Waals surface area (Å²) in [5.74, 6) is 2.50. The van der Waals surface area contributed by atoms with Crippen molar-refractivity contribution in [1.29, 1.82) is 0 Å². The Labute approximate surface area is 155 Å². The number of aryl methyl sites for hydroxylation is 1. The van der Waals surface area contributed by atoms with Gasteiger partial charge in [0.1, 0.15) is 24.0 Å². The smallest absolute Gasteiger partial charge is 0.226 e. The number of aromatic nitrogens is 5. The van der Waals surface area contributed by atoms with E-state index in [1.165, 1.54) is 12.1 Å². The lowest BCUT2D eigenvalue weighted by atomic mass is 10.1. The number of anilines is 1. The van der Waals surface area contributed by atoms with Crippen LogP contribution in [0.4, 0.5) is 10.3 Å². The van der Waals surface area contributed by atoms with Gasteiger partial charge >= 0.3 is 0 Å². The largest absolute Gasteiger partial charge is 0.439 e. The molecular formula is C18H19FN6O2. The Hall–Kier alpha value is -3.07. The Morgan fingerprint density at radius 3 is 2.89 bits per heavy atom. The number of ether oxygens (including phenoxy) is 2. The number of methoxy groups -OCH3 is 1. The van der Waals surface area contributed by atoms with Crippen molar-refractivity contribution in [3.05, 3.63) is 54.0 Å². The van der Waals surface area contributed by atoms with Crippen molar-refractivity contribution in [2.24, 2.45) is 0 Å². The second-order valence-electron chi connectivity index (χ2n) is 6.16. The molecular weight excluding hydrogens is 351 g/mol. The molecule has 8 nitrogen and oxygen atoms in total. The van der Waals surface area contributed by atoms with Crippen LogP contribution in [0.1, 0.15) is 30.5 Å². The van der Waals surface area contributed by atoms with E-state index in [1.807, 2.05) is 4.68 Å². The zero-order chi connectivity index (χ0) is 18.6. The minimum absolute atomic E-state index is 0.0436. The number of halogens is 1. The van der Waals surface area contributed by atoms with E-state index in [0.29, 0.717) is 30.0 Å². The van der Waals surface area contributed by atoms with Crippen molar-refractivity contribution < 1.29 is 13.9 Å². The van der Waals surface area contributed by atoms with Crippen molar-refractivity contribution in [2.45, 2.75) is 32.0 Å². The average Bonchev–Trinajstić information content (AvgIpc) is 3.08. The van der Waals surface area contributed by atoms with Crippen LogP contribution in [0, 0.1) is 5.82 Å². The highest BCUT2D eigenvalue weighted by Crippen LogP contribution is 2.27. The summed E-state index contributed by atoms with van der Waals surface area (Å²) in [6.07, 6.45) is 3.49. The van der Waals surface area contributed by atoms with Gasteiger partial charge < -0.3 is 14.8 Å². The molecule has 0 saturated carbocycles. The summed E-state index contributed by atoms with van der Waals surface area (Å²) in [7, 11) is 1.62. The molecule has 0 fully saturated rings. The van der Waals surface area contributed by atoms with Crippen LogP contribution < -0.4 is 10.1 Å². The highest BCUT2D eigenvalue weighted by atomic mass is 19.1. The van der Waals surface area contributed by atoms with Gasteiger partial charge in [-0.25, -0.2) is 19.0 Å². The van der Waals surface area contributed by atoms with Gasteiger partial charge in [-0.2, -0.15) is 10.1 Å². The van der Waals surface area contributed by atoms with E-state index in [-0.39, 0.29) is 11.9 Å². The van der Waals surface area contributed by atoms with Gasteiger partial charge in [0.2, 0.25) is 11.8 Å². The molecule has 1 aliphatic rings. The summed E-state index contributed by atoms with van der Waals surface area (Å²) < 4.78 is 25.7. The second kappa shape index (κ2) is 7.67. The van der Waals surface area contributed by atoms with Gasteiger partial charge in [0.05, 0.1) is 6.04 Å². The monoisotopic (exact) mass is 370 g/mol. The predicted octanol–water partition coefficient (Wildman–Crippen LogP) is 3.09. The molecule has 0 aliphatic carbocycles. The fourth-order valence-electron chi connectivity index (χ4n) is 2.97. The van der Waals surface area contributed by atoms with Crippen LogP contribution in [0.5, 0.6) is 11.6 Å². The first-order chi connectivity index (χ1) is 13.2. The van der Waals surface area contributed by atoms with Crippen LogP contribution in [-0.2, 0) is 17.9 Å². The Balaban J connectivity index is 1.50. The van der Waals surface area contributed by atoms with Crippen LogP contribution in [0.15, 0.2) is 36.5 Å². The molecule has 1 unspecified atom stereocenters. The standard InChI is InChI=1S/C18H19FN6O2/c1-26-11-15-22-17-14(3-2-10-25(17)24-15)21-18-20-9-8-16(23-18)27-13-6-4-12(19)5-7-13/h4-9,14H,2-3,10-11H2,1H3,(H,20,21,23). The third kappa shape index (κ3) is 4.03. The quantitative estimate of drug-likeness (QED) is 0.713. The van der Waals surface area contributed by atoms with Crippen molar-refractivity contribution in [3.63, 3.8) is 0 Å². The Bertz CT molecular complexity index is 914. The number of benzene rings is 1. The van der Waals surface area contributed by atoms with E-state index >= 15 is 0 Å². The number of rotatable bonds is 6. The molecule has 4 rings (SSSR count). The Morgan fingerprint density at radius 1 is 1.22 bits per heavy atom. The normalized spacial score (nSPS) is 16.0. The molecule has 0 radical (unpaired) electrons. The summed E-state index contributed by atoms with van der Waals surface area (Å²) in [5, 5.41) is 7.76. The third-order valence-corrected chi connectivity index (χ3v) is 4.16. The first-order valence-corrected chi connectivity index (χ1v) is 8.67. The van der Waals surface area contributed by atoms with E-state index in [4.69, 9.17) is 9.47 Å². The lowest BCUT2D eigenvalue weighted by Gasteiger charge is -2.23. The molecule has 1 aliphatic heterocycles. The number of fused-ring (bicyclic) bond motifs is 1. The van der Waals surface area contributed by atoms with Gasteiger partial charge in [0.15, 0.2) is 5.82 Å². The molecule has 27 heavy (non-hydrogen) atoms. The second-order valence-corrected chi connectivity index (χ2v) is 6.16. The van der Waals surface area contributed by atoms with Crippen LogP contribution >= 0.6 is 0 Å². The van der Waals surface area contributed by atoms with Crippen molar-refractivity contribution in [3.8, 4) is 11.6 Å². The molecule has 0 spiro atoms. The Kier molecular flexibility index (Phi) is 4.93. The van der Waals surface area contributed by atoms with E-state index in [0.717, 1.165) is 25.2 Å². The topological polar surface area (TPSA) is 87.0 Å². The maximum Gasteiger partial charge on any atom is 0.226 e. The van der Waals surface area contributed by atoms with Gasteiger partial charge in [-0.05, 0) is 37.1 Å². The fraction of sp³-hybridized carbons (Fsp3) is 0.333. The van der Waals surface area contributed by atoms with Gasteiger partial charge in [0, 0.05) is 25.9 Å². The zero-order valence-electron chi connectivity index (χ0n) is 14.8. The Morgan fingerprint density at radius 2 is 2.07 bits per heavy atom. The van der Waals surface area contributed by atoms with Crippen molar-refractivity contribution >= 4 is 5.95 Å². The molecule has 0 saturated heterocycles. The maximum atomic E-state index is 13.0. The van der Waals surface area contributed by atoms with Crippen LogP contribution in [0.25, 0.3) is 0 Å². The van der Waals surface area contributed by atoms with Crippen LogP contribution in [0.2, 0.25) is 0 Å². The first-order valence-electron chi connectivity index (χ1n) is 8.67. The van der Waals surface area contributed by atoms with Crippen LogP contribution in [0.3, 0.4) is 0 Å². The minimum Gasteiger partial charge on any atom is -0.439 e. The molecule has 3 aromatic rings. The first kappa shape index (κ1) is 17.3. The van der Waals surface area contributed by atoms with Gasteiger partial charge in [0.25, 0.3) is 0 Å². The lowest BCUT2D eigenvalue weighted by Crippen LogP contribution is -2.23. The zero-order valence-corrected chi connectivity index (χ0v) is 14.8. The molecule has 1 N–H and O–H groups in total. The summed E-state index contributed by atoms with van der Waals surface area (Å²) in [4.78, 5) is 13.2. The maximum absolute atomic E-state index is 13.0. The van der Waals surface area contributed by atoms with Crippen molar-refractivity contribution in [1.82, 2.24) is 24.7 Å². The van der Waals surface area contributed by atoms with E-state index < -0.39 is 0 Å². The summed E-state index contributed by atoms with van der Waals surface area (Å²) in [5.41, 5.74) is 0. The SMILES string of the molecule is COCc1nc2n(n1)CCCC2Nc1nccc(Oc2ccc(F)cc2)n1. The molecule has 3 heterocycles. The molecule has 2 aromatic heterocycles. The molecule has 0 amide bonds. The fourth-order valence-corrected chi connectivity index (χ4v) is 2.97. The summed E-state index contributed by atoms with van der Waals surface area (Å²) in [6, 6.07) is 7.37. The molecule has 0 bridgehead atoms. The summed E-state index contributed by atoms with van der Waals surface area (Å²) in [6.45, 7) is 1.21. The molecule has 9 heteroatoms. The third-order valence-electron chi connectivity index (χ3n) is 4.16. The highest BCUT2D eigenvalue weighted by molar-refractivity contribution is 5.33. The lowest BCUT2D eigenvalue weighted by molar-refractivity contribution is 0.177. The molecule has 1 atom stereocenters. The molecule has 1 aromatic carbocycles. The van der Waals surface area contributed by atoms with Gasteiger partial charge in [-0.15, -0.1) is 0 Å². The van der Waals surface area contributed by atoms with E-state index in [9.17, 15) is 4.39 Å². The highest BCUT2D eigenvalue weighted by Gasteiger charge is 2.25. The number of nitrogens with one attached hydrogen (secondary N) is 1. The summed E-state index contributed by atoms with van der Waals surface area (Å²) >= 11 is 0. The van der Waals surface area contributed by atoms with Crippen molar-refractivity contribution in [2.75, 3.05) is 12.4 Å². The number of nitrogens with zero attached hydrogens (tertiary/aromatic N) is 5.